The molecule has 1 amide bonds. The third kappa shape index (κ3) is 4.79. The van der Waals surface area contributed by atoms with E-state index in [0.29, 0.717) is 23.6 Å². The van der Waals surface area contributed by atoms with Crippen LogP contribution in [0.4, 0.5) is 0 Å². The summed E-state index contributed by atoms with van der Waals surface area (Å²) in [4.78, 5) is 11.6. The zero-order valence-electron chi connectivity index (χ0n) is 11.4. The first-order chi connectivity index (χ1) is 9.22. The fourth-order valence-corrected chi connectivity index (χ4v) is 1.60. The van der Waals surface area contributed by atoms with Gasteiger partial charge in [0.15, 0.2) is 18.1 Å². The van der Waals surface area contributed by atoms with Gasteiger partial charge in [-0.1, -0.05) is 25.5 Å². The molecule has 0 atom stereocenters. The van der Waals surface area contributed by atoms with Gasteiger partial charge >= 0.3 is 0 Å². The van der Waals surface area contributed by atoms with Crippen molar-refractivity contribution in [2.24, 2.45) is 0 Å². The molecule has 1 rings (SSSR count). The van der Waals surface area contributed by atoms with E-state index < -0.39 is 0 Å². The van der Waals surface area contributed by atoms with Crippen molar-refractivity contribution in [3.05, 3.63) is 23.8 Å². The Morgan fingerprint density at radius 3 is 2.84 bits per heavy atom. The third-order valence-corrected chi connectivity index (χ3v) is 2.65. The molecule has 0 aromatic heterocycles. The second-order valence-electron chi connectivity index (χ2n) is 4.10. The van der Waals surface area contributed by atoms with Crippen molar-refractivity contribution in [2.75, 3.05) is 20.3 Å². The first-order valence-corrected chi connectivity index (χ1v) is 6.39. The molecule has 19 heavy (non-hydrogen) atoms. The number of rotatable bonds is 8. The molecule has 106 valence electrons. The molecular weight excluding hydrogens is 246 g/mol. The standard InChI is InChI=1S/C14H21NO4/c1-3-4-8-15-13(17)10-19-14-11(9-16)6-5-7-12(14)18-2/h5-7,16H,3-4,8-10H2,1-2H3,(H,15,17). The van der Waals surface area contributed by atoms with E-state index in [1.807, 2.05) is 0 Å². The van der Waals surface area contributed by atoms with E-state index in [4.69, 9.17) is 9.47 Å². The van der Waals surface area contributed by atoms with Gasteiger partial charge in [-0.2, -0.15) is 0 Å². The quantitative estimate of drug-likeness (QED) is 0.700. The minimum Gasteiger partial charge on any atom is -0.493 e. The lowest BCUT2D eigenvalue weighted by atomic mass is 10.2. The molecule has 0 aliphatic rings. The molecule has 0 aliphatic carbocycles. The minimum atomic E-state index is -0.178. The van der Waals surface area contributed by atoms with Crippen LogP contribution in [-0.2, 0) is 11.4 Å². The molecule has 0 unspecified atom stereocenters. The van der Waals surface area contributed by atoms with Crippen molar-refractivity contribution >= 4 is 5.91 Å². The number of amides is 1. The Morgan fingerprint density at radius 2 is 2.21 bits per heavy atom. The number of aliphatic hydroxyl groups is 1. The summed E-state index contributed by atoms with van der Waals surface area (Å²) in [6.45, 7) is 2.46. The van der Waals surface area contributed by atoms with Crippen LogP contribution in [-0.4, -0.2) is 31.3 Å². The Kier molecular flexibility index (Phi) is 6.74. The molecule has 1 aromatic carbocycles. The van der Waals surface area contributed by atoms with Crippen LogP contribution in [0.25, 0.3) is 0 Å². The Hall–Kier alpha value is -1.75. The minimum absolute atomic E-state index is 0.0862. The lowest BCUT2D eigenvalue weighted by Crippen LogP contribution is -2.29. The second-order valence-corrected chi connectivity index (χ2v) is 4.10. The predicted octanol–water partition coefficient (Wildman–Crippen LogP) is 1.48. The van der Waals surface area contributed by atoms with Crippen LogP contribution in [0.15, 0.2) is 18.2 Å². The maximum Gasteiger partial charge on any atom is 0.257 e. The highest BCUT2D eigenvalue weighted by molar-refractivity contribution is 5.77. The highest BCUT2D eigenvalue weighted by atomic mass is 16.5. The van der Waals surface area contributed by atoms with Crippen LogP contribution in [0.3, 0.4) is 0 Å². The number of methoxy groups -OCH3 is 1. The summed E-state index contributed by atoms with van der Waals surface area (Å²) in [5.41, 5.74) is 0.598. The van der Waals surface area contributed by atoms with Gasteiger partial charge in [-0.05, 0) is 12.5 Å². The van der Waals surface area contributed by atoms with Crippen LogP contribution in [0.1, 0.15) is 25.3 Å². The van der Waals surface area contributed by atoms with Crippen molar-refractivity contribution in [3.63, 3.8) is 0 Å². The molecule has 0 saturated carbocycles. The van der Waals surface area contributed by atoms with E-state index in [9.17, 15) is 9.90 Å². The molecule has 0 aliphatic heterocycles. The summed E-state index contributed by atoms with van der Waals surface area (Å²) in [5, 5.41) is 12.0. The van der Waals surface area contributed by atoms with E-state index in [1.54, 1.807) is 18.2 Å². The van der Waals surface area contributed by atoms with Crippen LogP contribution < -0.4 is 14.8 Å². The van der Waals surface area contributed by atoms with Gasteiger partial charge in [0, 0.05) is 12.1 Å². The molecule has 0 fully saturated rings. The van der Waals surface area contributed by atoms with E-state index in [1.165, 1.54) is 7.11 Å². The van der Waals surface area contributed by atoms with Gasteiger partial charge < -0.3 is 19.9 Å². The summed E-state index contributed by atoms with van der Waals surface area (Å²) >= 11 is 0. The summed E-state index contributed by atoms with van der Waals surface area (Å²) in [5.74, 6) is 0.745. The van der Waals surface area contributed by atoms with Crippen molar-refractivity contribution < 1.29 is 19.4 Å². The number of hydrogen-bond acceptors (Lipinski definition) is 4. The first kappa shape index (κ1) is 15.3. The number of carbonyl (C=O) groups excluding carboxylic acids is 1. The number of ether oxygens (including phenoxy) is 2. The van der Waals surface area contributed by atoms with Gasteiger partial charge in [0.25, 0.3) is 5.91 Å². The molecule has 0 spiro atoms. The monoisotopic (exact) mass is 267 g/mol. The van der Waals surface area contributed by atoms with E-state index in [0.717, 1.165) is 12.8 Å². The number of nitrogens with one attached hydrogen (secondary N) is 1. The molecular formula is C14H21NO4. The van der Waals surface area contributed by atoms with E-state index in [-0.39, 0.29) is 19.1 Å². The molecule has 0 radical (unpaired) electrons. The maximum absolute atomic E-state index is 11.6. The lowest BCUT2D eigenvalue weighted by Gasteiger charge is -2.13. The number of unbranched alkanes of at least 4 members (excludes halogenated alkanes) is 1. The van der Waals surface area contributed by atoms with Gasteiger partial charge in [-0.15, -0.1) is 0 Å². The summed E-state index contributed by atoms with van der Waals surface area (Å²) < 4.78 is 10.6. The van der Waals surface area contributed by atoms with Gasteiger partial charge in [-0.3, -0.25) is 4.79 Å². The summed E-state index contributed by atoms with van der Waals surface area (Å²) in [6.07, 6.45) is 1.98. The number of para-hydroxylation sites is 1. The zero-order chi connectivity index (χ0) is 14.1. The van der Waals surface area contributed by atoms with E-state index in [2.05, 4.69) is 12.2 Å². The van der Waals surface area contributed by atoms with Crippen molar-refractivity contribution in [3.8, 4) is 11.5 Å². The van der Waals surface area contributed by atoms with Gasteiger partial charge in [0.1, 0.15) is 0 Å². The lowest BCUT2D eigenvalue weighted by molar-refractivity contribution is -0.123. The Labute approximate surface area is 113 Å². The predicted molar refractivity (Wildman–Crippen MR) is 72.3 cm³/mol. The Bertz CT molecular complexity index is 384. The molecule has 5 heteroatoms. The molecule has 1 aromatic rings. The maximum atomic E-state index is 11.6. The average molecular weight is 267 g/mol. The molecule has 2 N–H and O–H groups in total. The van der Waals surface area contributed by atoms with Crippen LogP contribution >= 0.6 is 0 Å². The van der Waals surface area contributed by atoms with Crippen LogP contribution in [0.2, 0.25) is 0 Å². The number of carbonyl (C=O) groups is 1. The molecule has 5 nitrogen and oxygen atoms in total. The van der Waals surface area contributed by atoms with Crippen molar-refractivity contribution in [1.82, 2.24) is 5.32 Å². The fraction of sp³-hybridized carbons (Fsp3) is 0.500. The zero-order valence-corrected chi connectivity index (χ0v) is 11.4. The highest BCUT2D eigenvalue weighted by Crippen LogP contribution is 2.30. The number of aliphatic hydroxyl groups excluding tert-OH is 1. The fourth-order valence-electron chi connectivity index (χ4n) is 1.60. The van der Waals surface area contributed by atoms with Crippen molar-refractivity contribution in [1.29, 1.82) is 0 Å². The van der Waals surface area contributed by atoms with Crippen LogP contribution in [0.5, 0.6) is 11.5 Å². The number of benzene rings is 1. The van der Waals surface area contributed by atoms with Crippen LogP contribution in [0, 0.1) is 0 Å². The largest absolute Gasteiger partial charge is 0.493 e. The third-order valence-electron chi connectivity index (χ3n) is 2.65. The first-order valence-electron chi connectivity index (χ1n) is 6.39. The molecule has 0 heterocycles. The smallest absolute Gasteiger partial charge is 0.257 e. The van der Waals surface area contributed by atoms with E-state index >= 15 is 0 Å². The SMILES string of the molecule is CCCCNC(=O)COc1c(CO)cccc1OC. The summed E-state index contributed by atoms with van der Waals surface area (Å²) in [6, 6.07) is 5.22. The average Bonchev–Trinajstić information content (AvgIpc) is 2.44. The topological polar surface area (TPSA) is 67.8 Å². The second kappa shape index (κ2) is 8.37. The number of hydrogen-bond donors (Lipinski definition) is 2. The van der Waals surface area contributed by atoms with Crippen molar-refractivity contribution in [2.45, 2.75) is 26.4 Å². The molecule has 0 saturated heterocycles. The summed E-state index contributed by atoms with van der Waals surface area (Å²) in [7, 11) is 1.52. The Morgan fingerprint density at radius 1 is 1.42 bits per heavy atom. The highest BCUT2D eigenvalue weighted by Gasteiger charge is 2.11. The Balaban J connectivity index is 2.58. The van der Waals surface area contributed by atoms with Gasteiger partial charge in [-0.25, -0.2) is 0 Å². The molecule has 0 bridgehead atoms. The van der Waals surface area contributed by atoms with Gasteiger partial charge in [0.05, 0.1) is 13.7 Å². The normalized spacial score (nSPS) is 10.1. The van der Waals surface area contributed by atoms with Gasteiger partial charge in [0.2, 0.25) is 0 Å².